The summed E-state index contributed by atoms with van der Waals surface area (Å²) in [6, 6.07) is 16.9. The predicted octanol–water partition coefficient (Wildman–Crippen LogP) is 4.81. The van der Waals surface area contributed by atoms with E-state index in [0.29, 0.717) is 11.3 Å². The molecule has 2 aromatic rings. The van der Waals surface area contributed by atoms with Gasteiger partial charge in [0.25, 0.3) is 10.0 Å². The van der Waals surface area contributed by atoms with Crippen LogP contribution in [0, 0.1) is 6.92 Å². The van der Waals surface area contributed by atoms with E-state index in [-0.39, 0.29) is 6.04 Å². The second-order valence-electron chi connectivity index (χ2n) is 6.17. The van der Waals surface area contributed by atoms with Crippen molar-refractivity contribution in [1.82, 2.24) is 4.31 Å². The van der Waals surface area contributed by atoms with Crippen molar-refractivity contribution in [3.8, 4) is 0 Å². The minimum atomic E-state index is -3.57. The van der Waals surface area contributed by atoms with Gasteiger partial charge in [-0.15, -0.1) is 0 Å². The van der Waals surface area contributed by atoms with Crippen LogP contribution in [0.4, 0.5) is 0 Å². The van der Waals surface area contributed by atoms with E-state index in [1.54, 1.807) is 16.4 Å². The molecule has 0 aromatic heterocycles. The van der Waals surface area contributed by atoms with E-state index < -0.39 is 10.0 Å². The van der Waals surface area contributed by atoms with Crippen LogP contribution < -0.4 is 0 Å². The maximum absolute atomic E-state index is 13.3. The minimum Gasteiger partial charge on any atom is -0.263 e. The topological polar surface area (TPSA) is 37.4 Å². The van der Waals surface area contributed by atoms with Crippen LogP contribution in [0.2, 0.25) is 0 Å². The molecule has 4 heteroatoms. The number of aryl methyl sites for hydroxylation is 1. The van der Waals surface area contributed by atoms with Crippen LogP contribution in [0.25, 0.3) is 0 Å². The number of hydrogen-bond acceptors (Lipinski definition) is 2. The van der Waals surface area contributed by atoms with Gasteiger partial charge < -0.3 is 0 Å². The third kappa shape index (κ3) is 3.11. The van der Waals surface area contributed by atoms with E-state index >= 15 is 0 Å². The van der Waals surface area contributed by atoms with Crippen molar-refractivity contribution in [3.05, 3.63) is 77.5 Å². The summed E-state index contributed by atoms with van der Waals surface area (Å²) < 4.78 is 28.3. The molecular formula is C20H23NO2S. The largest absolute Gasteiger partial charge is 0.264 e. The highest BCUT2D eigenvalue weighted by Gasteiger charge is 2.35. The predicted molar refractivity (Wildman–Crippen MR) is 97.0 cm³/mol. The van der Waals surface area contributed by atoms with Gasteiger partial charge in [0.1, 0.15) is 0 Å². The quantitative estimate of drug-likeness (QED) is 0.800. The summed E-state index contributed by atoms with van der Waals surface area (Å²) in [5, 5.41) is 0. The molecule has 2 aromatic carbocycles. The second kappa shape index (κ2) is 6.81. The third-order valence-corrected chi connectivity index (χ3v) is 6.39. The molecule has 0 fully saturated rings. The summed E-state index contributed by atoms with van der Waals surface area (Å²) in [4.78, 5) is 0.357. The van der Waals surface area contributed by atoms with Gasteiger partial charge in [-0.05, 0) is 43.9 Å². The molecule has 126 valence electrons. The maximum Gasteiger partial charge on any atom is 0.264 e. The zero-order chi connectivity index (χ0) is 17.2. The molecule has 3 nitrogen and oxygen atoms in total. The zero-order valence-electron chi connectivity index (χ0n) is 14.1. The van der Waals surface area contributed by atoms with E-state index in [0.717, 1.165) is 29.7 Å². The lowest BCUT2D eigenvalue weighted by molar-refractivity contribution is 0.339. The van der Waals surface area contributed by atoms with Crippen LogP contribution in [0.1, 0.15) is 43.4 Å². The Bertz CT molecular complexity index is 824. The summed E-state index contributed by atoms with van der Waals surface area (Å²) in [7, 11) is -3.57. The Hall–Kier alpha value is -2.07. The lowest BCUT2D eigenvalue weighted by Gasteiger charge is -2.37. The van der Waals surface area contributed by atoms with Crippen molar-refractivity contribution in [2.75, 3.05) is 0 Å². The first-order chi connectivity index (χ1) is 11.5. The Labute approximate surface area is 144 Å². The van der Waals surface area contributed by atoms with Crippen molar-refractivity contribution in [2.24, 2.45) is 0 Å². The smallest absolute Gasteiger partial charge is 0.263 e. The molecule has 1 aliphatic rings. The number of nitrogens with zero attached hydrogens (tertiary/aromatic N) is 1. The number of benzene rings is 2. The number of sulfonamides is 1. The normalized spacial score (nSPS) is 18.3. The van der Waals surface area contributed by atoms with E-state index in [4.69, 9.17) is 0 Å². The molecule has 0 N–H and O–H groups in total. The van der Waals surface area contributed by atoms with Gasteiger partial charge >= 0.3 is 0 Å². The van der Waals surface area contributed by atoms with Gasteiger partial charge in [0.15, 0.2) is 0 Å². The Morgan fingerprint density at radius 3 is 2.33 bits per heavy atom. The van der Waals surface area contributed by atoms with Gasteiger partial charge in [0, 0.05) is 5.70 Å². The molecular weight excluding hydrogens is 318 g/mol. The molecule has 0 bridgehead atoms. The highest BCUT2D eigenvalue weighted by atomic mass is 32.2. The molecule has 1 aliphatic heterocycles. The van der Waals surface area contributed by atoms with E-state index in [1.807, 2.05) is 56.3 Å². The molecule has 24 heavy (non-hydrogen) atoms. The van der Waals surface area contributed by atoms with Gasteiger partial charge in [-0.1, -0.05) is 61.0 Å². The van der Waals surface area contributed by atoms with Crippen LogP contribution >= 0.6 is 0 Å². The number of hydrogen-bond donors (Lipinski definition) is 0. The first-order valence-corrected chi connectivity index (χ1v) is 9.83. The lowest BCUT2D eigenvalue weighted by atomic mass is 9.98. The summed E-state index contributed by atoms with van der Waals surface area (Å²) in [5.74, 6) is 0. The fraction of sp³-hybridized carbons (Fsp3) is 0.300. The van der Waals surface area contributed by atoms with Crippen LogP contribution in [-0.4, -0.2) is 12.7 Å². The van der Waals surface area contributed by atoms with Crippen molar-refractivity contribution in [3.63, 3.8) is 0 Å². The van der Waals surface area contributed by atoms with Gasteiger partial charge in [-0.25, -0.2) is 8.42 Å². The van der Waals surface area contributed by atoms with Crippen molar-refractivity contribution < 1.29 is 8.42 Å². The van der Waals surface area contributed by atoms with Gasteiger partial charge in [-0.3, -0.25) is 4.31 Å². The van der Waals surface area contributed by atoms with Crippen LogP contribution in [0.5, 0.6) is 0 Å². The van der Waals surface area contributed by atoms with Crippen LogP contribution in [0.3, 0.4) is 0 Å². The molecule has 0 saturated carbocycles. The summed E-state index contributed by atoms with van der Waals surface area (Å²) >= 11 is 0. The average Bonchev–Trinajstić information content (AvgIpc) is 2.62. The van der Waals surface area contributed by atoms with E-state index in [2.05, 4.69) is 6.08 Å². The van der Waals surface area contributed by atoms with Crippen LogP contribution in [0.15, 0.2) is 71.3 Å². The molecule has 1 unspecified atom stereocenters. The summed E-state index contributed by atoms with van der Waals surface area (Å²) in [6.07, 6.45) is 4.47. The molecule has 0 spiro atoms. The molecule has 0 saturated heterocycles. The Balaban J connectivity index is 2.09. The minimum absolute atomic E-state index is 0.141. The third-order valence-electron chi connectivity index (χ3n) is 4.51. The number of allylic oxidation sites excluding steroid dienone is 2. The molecule has 1 atom stereocenters. The van der Waals surface area contributed by atoms with Crippen molar-refractivity contribution >= 4 is 10.0 Å². The van der Waals surface area contributed by atoms with Gasteiger partial charge in [-0.2, -0.15) is 0 Å². The summed E-state index contributed by atoms with van der Waals surface area (Å²) in [6.45, 7) is 3.97. The van der Waals surface area contributed by atoms with Crippen molar-refractivity contribution in [1.29, 1.82) is 0 Å². The monoisotopic (exact) mass is 341 g/mol. The molecule has 0 radical (unpaired) electrons. The summed E-state index contributed by atoms with van der Waals surface area (Å²) in [5.41, 5.74) is 2.99. The lowest BCUT2D eigenvalue weighted by Crippen LogP contribution is -2.36. The Kier molecular flexibility index (Phi) is 4.76. The van der Waals surface area contributed by atoms with Crippen LogP contribution in [-0.2, 0) is 10.0 Å². The fourth-order valence-corrected chi connectivity index (χ4v) is 5.02. The Morgan fingerprint density at radius 1 is 1.04 bits per heavy atom. The van der Waals surface area contributed by atoms with E-state index in [9.17, 15) is 8.42 Å². The first-order valence-electron chi connectivity index (χ1n) is 8.39. The van der Waals surface area contributed by atoms with Gasteiger partial charge in [0.05, 0.1) is 10.9 Å². The molecule has 0 amide bonds. The molecule has 0 aliphatic carbocycles. The van der Waals surface area contributed by atoms with Gasteiger partial charge in [0.2, 0.25) is 0 Å². The molecule has 3 rings (SSSR count). The fourth-order valence-electron chi connectivity index (χ4n) is 3.24. The standard InChI is InChI=1S/C20H23NO2S/c1-3-18-10-7-11-20(17-8-5-4-6-9-17)21(18)24(22,23)19-14-12-16(2)13-15-19/h4-6,8-10,12-15,20H,3,7,11H2,1-2H3. The Morgan fingerprint density at radius 2 is 1.71 bits per heavy atom. The van der Waals surface area contributed by atoms with Crippen molar-refractivity contribution in [2.45, 2.75) is 44.0 Å². The highest BCUT2D eigenvalue weighted by Crippen LogP contribution is 2.39. The SMILES string of the molecule is CCC1=CCCC(c2ccccc2)N1S(=O)(=O)c1ccc(C)cc1. The zero-order valence-corrected chi connectivity index (χ0v) is 15.0. The highest BCUT2D eigenvalue weighted by molar-refractivity contribution is 7.89. The number of rotatable bonds is 4. The first kappa shape index (κ1) is 16.8. The average molecular weight is 341 g/mol. The second-order valence-corrected chi connectivity index (χ2v) is 7.98. The maximum atomic E-state index is 13.3. The van der Waals surface area contributed by atoms with E-state index in [1.165, 1.54) is 0 Å². The molecule has 1 heterocycles.